The molecule has 0 unspecified atom stereocenters. The summed E-state index contributed by atoms with van der Waals surface area (Å²) >= 11 is 0. The van der Waals surface area contributed by atoms with Crippen LogP contribution in [-0.2, 0) is 11.0 Å². The first kappa shape index (κ1) is 20.1. The molecule has 5 nitrogen and oxygen atoms in total. The summed E-state index contributed by atoms with van der Waals surface area (Å²) in [5.41, 5.74) is -0.851. The molecule has 8 heteroatoms. The molecule has 164 valence electrons. The molecule has 3 heterocycles. The zero-order valence-corrected chi connectivity index (χ0v) is 17.0. The van der Waals surface area contributed by atoms with Crippen molar-refractivity contribution < 1.29 is 18.0 Å². The molecule has 2 saturated carbocycles. The Labute approximate surface area is 174 Å². The standard InChI is InChI=1S/C22H29F3N4O/c23-22(24,25)19-6-3-7-20(28-19)29-11-14-8-9-17(15(14)12-29)27-21(30)18-10-13-4-1-2-5-16(13)26-18/h3,6-7,13-18,26H,1-2,4-5,8-12H2,(H,27,30)/t13-,14+,15-,16-,17-,18-/m0/s1. The summed E-state index contributed by atoms with van der Waals surface area (Å²) in [5, 5.41) is 6.82. The van der Waals surface area contributed by atoms with E-state index in [9.17, 15) is 18.0 Å². The number of anilines is 1. The number of rotatable bonds is 3. The van der Waals surface area contributed by atoms with Crippen molar-refractivity contribution in [3.05, 3.63) is 23.9 Å². The lowest BCUT2D eigenvalue weighted by molar-refractivity contribution is -0.141. The molecule has 4 fully saturated rings. The third-order valence-electron chi connectivity index (χ3n) is 7.71. The number of halogens is 3. The third-order valence-corrected chi connectivity index (χ3v) is 7.71. The number of amides is 1. The van der Waals surface area contributed by atoms with E-state index in [0.29, 0.717) is 36.8 Å². The van der Waals surface area contributed by atoms with Gasteiger partial charge in [-0.25, -0.2) is 4.98 Å². The Bertz CT molecular complexity index is 787. The molecule has 2 aliphatic carbocycles. The van der Waals surface area contributed by atoms with Crippen molar-refractivity contribution in [1.29, 1.82) is 0 Å². The van der Waals surface area contributed by atoms with Gasteiger partial charge in [0.15, 0.2) is 0 Å². The summed E-state index contributed by atoms with van der Waals surface area (Å²) in [7, 11) is 0. The molecule has 0 spiro atoms. The second-order valence-electron chi connectivity index (χ2n) is 9.51. The van der Waals surface area contributed by atoms with Crippen molar-refractivity contribution in [2.24, 2.45) is 17.8 Å². The van der Waals surface area contributed by atoms with Gasteiger partial charge in [-0.1, -0.05) is 18.9 Å². The Morgan fingerprint density at radius 2 is 1.93 bits per heavy atom. The Morgan fingerprint density at radius 1 is 1.10 bits per heavy atom. The molecule has 5 rings (SSSR count). The first-order valence-electron chi connectivity index (χ1n) is 11.2. The van der Waals surface area contributed by atoms with Crippen molar-refractivity contribution in [1.82, 2.24) is 15.6 Å². The summed E-state index contributed by atoms with van der Waals surface area (Å²) < 4.78 is 39.0. The second kappa shape index (κ2) is 7.70. The fraction of sp³-hybridized carbons (Fsp3) is 0.727. The molecule has 6 atom stereocenters. The van der Waals surface area contributed by atoms with Gasteiger partial charge in [0.2, 0.25) is 5.91 Å². The number of nitrogens with one attached hydrogen (secondary N) is 2. The summed E-state index contributed by atoms with van der Waals surface area (Å²) in [4.78, 5) is 18.7. The Hall–Kier alpha value is -1.83. The van der Waals surface area contributed by atoms with Crippen LogP contribution in [0.2, 0.25) is 0 Å². The number of hydrogen-bond donors (Lipinski definition) is 2. The number of carbonyl (C=O) groups excluding carboxylic acids is 1. The highest BCUT2D eigenvalue weighted by Crippen LogP contribution is 2.40. The lowest BCUT2D eigenvalue weighted by Gasteiger charge is -2.24. The van der Waals surface area contributed by atoms with Crippen molar-refractivity contribution in [2.45, 2.75) is 69.2 Å². The predicted molar refractivity (Wildman–Crippen MR) is 107 cm³/mol. The van der Waals surface area contributed by atoms with E-state index in [0.717, 1.165) is 25.3 Å². The van der Waals surface area contributed by atoms with E-state index >= 15 is 0 Å². The first-order valence-corrected chi connectivity index (χ1v) is 11.2. The number of hydrogen-bond acceptors (Lipinski definition) is 4. The molecular weight excluding hydrogens is 393 g/mol. The van der Waals surface area contributed by atoms with Crippen LogP contribution in [0.15, 0.2) is 18.2 Å². The molecule has 2 saturated heterocycles. The minimum absolute atomic E-state index is 0.0974. The minimum atomic E-state index is -4.44. The molecule has 1 aromatic rings. The maximum atomic E-state index is 13.0. The van der Waals surface area contributed by atoms with Crippen LogP contribution in [0.3, 0.4) is 0 Å². The van der Waals surface area contributed by atoms with Gasteiger partial charge in [-0.15, -0.1) is 0 Å². The first-order chi connectivity index (χ1) is 14.4. The molecule has 0 bridgehead atoms. The zero-order chi connectivity index (χ0) is 20.9. The number of carbonyl (C=O) groups is 1. The van der Waals surface area contributed by atoms with Crippen LogP contribution in [0, 0.1) is 17.8 Å². The quantitative estimate of drug-likeness (QED) is 0.785. The highest BCUT2D eigenvalue weighted by Gasteiger charge is 2.45. The van der Waals surface area contributed by atoms with Gasteiger partial charge in [0.1, 0.15) is 11.5 Å². The summed E-state index contributed by atoms with van der Waals surface area (Å²) in [6.45, 7) is 1.35. The normalized spacial score (nSPS) is 35.9. The lowest BCUT2D eigenvalue weighted by Crippen LogP contribution is -2.48. The van der Waals surface area contributed by atoms with Gasteiger partial charge in [0.05, 0.1) is 6.04 Å². The number of alkyl halides is 3. The summed E-state index contributed by atoms with van der Waals surface area (Å²) in [5.74, 6) is 1.77. The van der Waals surface area contributed by atoms with Crippen molar-refractivity contribution in [3.63, 3.8) is 0 Å². The van der Waals surface area contributed by atoms with Crippen LogP contribution in [0.4, 0.5) is 19.0 Å². The van der Waals surface area contributed by atoms with Crippen LogP contribution in [0.5, 0.6) is 0 Å². The monoisotopic (exact) mass is 422 g/mol. The molecule has 2 N–H and O–H groups in total. The molecule has 30 heavy (non-hydrogen) atoms. The van der Waals surface area contributed by atoms with Crippen LogP contribution in [-0.4, -0.2) is 42.1 Å². The van der Waals surface area contributed by atoms with E-state index in [4.69, 9.17) is 0 Å². The minimum Gasteiger partial charge on any atom is -0.356 e. The van der Waals surface area contributed by atoms with Gasteiger partial charge in [-0.05, 0) is 56.1 Å². The molecule has 4 aliphatic rings. The molecule has 2 aliphatic heterocycles. The topological polar surface area (TPSA) is 57.3 Å². The molecule has 1 amide bonds. The van der Waals surface area contributed by atoms with Gasteiger partial charge in [-0.3, -0.25) is 4.79 Å². The van der Waals surface area contributed by atoms with Crippen LogP contribution < -0.4 is 15.5 Å². The fourth-order valence-corrected chi connectivity index (χ4v) is 6.19. The van der Waals surface area contributed by atoms with Crippen LogP contribution in [0.25, 0.3) is 0 Å². The van der Waals surface area contributed by atoms with E-state index in [1.807, 2.05) is 4.90 Å². The SMILES string of the molecule is O=C(N[C@H]1CC[C@@H]2CN(c3cccc(C(F)(F)F)n3)C[C@@H]21)[C@@H]1C[C@@H]2CCCC[C@@H]2N1. The van der Waals surface area contributed by atoms with Gasteiger partial charge >= 0.3 is 6.18 Å². The summed E-state index contributed by atoms with van der Waals surface area (Å²) in [6.07, 6.45) is 3.33. The van der Waals surface area contributed by atoms with Gasteiger partial charge in [0, 0.05) is 31.1 Å². The Morgan fingerprint density at radius 3 is 2.73 bits per heavy atom. The van der Waals surface area contributed by atoms with E-state index in [-0.39, 0.29) is 23.9 Å². The molecule has 1 aromatic heterocycles. The highest BCUT2D eigenvalue weighted by molar-refractivity contribution is 5.82. The Balaban J connectivity index is 1.21. The van der Waals surface area contributed by atoms with E-state index < -0.39 is 11.9 Å². The third kappa shape index (κ3) is 3.79. The fourth-order valence-electron chi connectivity index (χ4n) is 6.19. The summed E-state index contributed by atoms with van der Waals surface area (Å²) in [6, 6.07) is 4.57. The van der Waals surface area contributed by atoms with E-state index in [2.05, 4.69) is 15.6 Å². The van der Waals surface area contributed by atoms with Crippen molar-refractivity contribution in [3.8, 4) is 0 Å². The van der Waals surface area contributed by atoms with Gasteiger partial charge in [0.25, 0.3) is 0 Å². The molecule has 0 aromatic carbocycles. The number of fused-ring (bicyclic) bond motifs is 2. The largest absolute Gasteiger partial charge is 0.433 e. The maximum absolute atomic E-state index is 13.0. The highest BCUT2D eigenvalue weighted by atomic mass is 19.4. The zero-order valence-electron chi connectivity index (χ0n) is 17.0. The van der Waals surface area contributed by atoms with E-state index in [1.165, 1.54) is 31.7 Å². The average Bonchev–Trinajstić information content (AvgIpc) is 3.42. The van der Waals surface area contributed by atoms with Crippen LogP contribution in [0.1, 0.15) is 50.6 Å². The number of pyridine rings is 1. The van der Waals surface area contributed by atoms with Crippen LogP contribution >= 0.6 is 0 Å². The van der Waals surface area contributed by atoms with Gasteiger partial charge < -0.3 is 15.5 Å². The van der Waals surface area contributed by atoms with Gasteiger partial charge in [-0.2, -0.15) is 13.2 Å². The average molecular weight is 422 g/mol. The second-order valence-corrected chi connectivity index (χ2v) is 9.51. The molecule has 0 radical (unpaired) electrons. The van der Waals surface area contributed by atoms with Crippen molar-refractivity contribution in [2.75, 3.05) is 18.0 Å². The maximum Gasteiger partial charge on any atom is 0.433 e. The number of aromatic nitrogens is 1. The Kier molecular flexibility index (Phi) is 5.16. The van der Waals surface area contributed by atoms with E-state index in [1.54, 1.807) is 6.07 Å². The smallest absolute Gasteiger partial charge is 0.356 e. The number of nitrogens with zero attached hydrogens (tertiary/aromatic N) is 2. The predicted octanol–water partition coefficient (Wildman–Crippen LogP) is 3.35. The molecular formula is C22H29F3N4O. The van der Waals surface area contributed by atoms with Crippen molar-refractivity contribution >= 4 is 11.7 Å². The lowest BCUT2D eigenvalue weighted by atomic mass is 9.85.